The molecule has 106 valence electrons. The highest BCUT2D eigenvalue weighted by molar-refractivity contribution is 5.18. The molecular weight excluding hydrogens is 246 g/mol. The largest absolute Gasteiger partial charge is 0.304 e. The molecule has 0 saturated heterocycles. The average Bonchev–Trinajstić information content (AvgIpc) is 3.16. The number of aromatic nitrogens is 2. The Bertz CT molecular complexity index is 526. The fourth-order valence-corrected chi connectivity index (χ4v) is 2.96. The molecule has 0 spiro atoms. The smallest absolute Gasteiger partial charge is 0.0762 e. The molecule has 1 N–H and O–H groups in total. The summed E-state index contributed by atoms with van der Waals surface area (Å²) < 4.78 is 2.16. The van der Waals surface area contributed by atoms with Gasteiger partial charge in [0, 0.05) is 18.8 Å². The molecule has 1 aromatic heterocycles. The second kappa shape index (κ2) is 6.23. The van der Waals surface area contributed by atoms with E-state index in [1.54, 1.807) is 0 Å². The maximum Gasteiger partial charge on any atom is 0.0762 e. The molecule has 1 heterocycles. The van der Waals surface area contributed by atoms with Crippen molar-refractivity contribution in [2.75, 3.05) is 0 Å². The fourth-order valence-electron chi connectivity index (χ4n) is 2.96. The van der Waals surface area contributed by atoms with Crippen LogP contribution in [0.4, 0.5) is 0 Å². The summed E-state index contributed by atoms with van der Waals surface area (Å²) in [5.41, 5.74) is 2.46. The molecule has 1 aliphatic rings. The fraction of sp³-hybridized carbons (Fsp3) is 0.471. The van der Waals surface area contributed by atoms with E-state index >= 15 is 0 Å². The van der Waals surface area contributed by atoms with Gasteiger partial charge in [-0.3, -0.25) is 4.68 Å². The minimum Gasteiger partial charge on any atom is -0.304 e. The third-order valence-corrected chi connectivity index (χ3v) is 4.25. The van der Waals surface area contributed by atoms with Crippen molar-refractivity contribution in [3.63, 3.8) is 0 Å². The van der Waals surface area contributed by atoms with Crippen molar-refractivity contribution in [3.8, 4) is 0 Å². The molecule has 0 unspecified atom stereocenters. The molecule has 3 nitrogen and oxygen atoms in total. The summed E-state index contributed by atoms with van der Waals surface area (Å²) in [6, 6.07) is 13.7. The third-order valence-electron chi connectivity index (χ3n) is 4.25. The van der Waals surface area contributed by atoms with E-state index in [1.165, 1.54) is 31.2 Å². The quantitative estimate of drug-likeness (QED) is 0.893. The third kappa shape index (κ3) is 3.10. The zero-order valence-corrected chi connectivity index (χ0v) is 12.1. The van der Waals surface area contributed by atoms with Crippen molar-refractivity contribution in [1.82, 2.24) is 15.1 Å². The lowest BCUT2D eigenvalue weighted by Gasteiger charge is -2.13. The Balaban J connectivity index is 1.56. The summed E-state index contributed by atoms with van der Waals surface area (Å²) in [5.74, 6) is 0. The number of hydrogen-bond donors (Lipinski definition) is 1. The maximum atomic E-state index is 4.71. The first-order valence-electron chi connectivity index (χ1n) is 7.65. The summed E-state index contributed by atoms with van der Waals surface area (Å²) in [6.07, 6.45) is 7.41. The lowest BCUT2D eigenvalue weighted by atomic mass is 10.1. The summed E-state index contributed by atoms with van der Waals surface area (Å²) in [6.45, 7) is 3.03. The molecular formula is C17H23N3. The standard InChI is InChI=1S/C17H23N3/c1-14(15-7-3-2-4-8-15)18-13-16-11-12-20(19-16)17-9-5-6-10-17/h2-4,7-8,11-12,14,17-18H,5-6,9-10,13H2,1H3/t14-/m0/s1. The van der Waals surface area contributed by atoms with Gasteiger partial charge < -0.3 is 5.32 Å². The molecule has 0 aliphatic heterocycles. The van der Waals surface area contributed by atoms with Gasteiger partial charge in [0.2, 0.25) is 0 Å². The van der Waals surface area contributed by atoms with E-state index in [2.05, 4.69) is 59.5 Å². The van der Waals surface area contributed by atoms with Crippen molar-refractivity contribution < 1.29 is 0 Å². The Morgan fingerprint density at radius 1 is 1.20 bits per heavy atom. The Morgan fingerprint density at radius 3 is 2.70 bits per heavy atom. The van der Waals surface area contributed by atoms with Crippen LogP contribution in [0.25, 0.3) is 0 Å². The zero-order chi connectivity index (χ0) is 13.8. The van der Waals surface area contributed by atoms with Gasteiger partial charge in [-0.2, -0.15) is 5.10 Å². The van der Waals surface area contributed by atoms with Crippen LogP contribution in [0.3, 0.4) is 0 Å². The van der Waals surface area contributed by atoms with Crippen LogP contribution in [0.15, 0.2) is 42.6 Å². The van der Waals surface area contributed by atoms with E-state index in [0.29, 0.717) is 12.1 Å². The molecule has 1 atom stereocenters. The predicted molar refractivity (Wildman–Crippen MR) is 81.4 cm³/mol. The van der Waals surface area contributed by atoms with E-state index in [-0.39, 0.29) is 0 Å². The highest BCUT2D eigenvalue weighted by Gasteiger charge is 2.17. The summed E-state index contributed by atoms with van der Waals surface area (Å²) in [5, 5.41) is 8.26. The second-order valence-electron chi connectivity index (χ2n) is 5.74. The first kappa shape index (κ1) is 13.4. The highest BCUT2D eigenvalue weighted by atomic mass is 15.3. The van der Waals surface area contributed by atoms with Crippen LogP contribution in [0.1, 0.15) is 55.9 Å². The molecule has 0 bridgehead atoms. The van der Waals surface area contributed by atoms with E-state index in [1.807, 2.05) is 0 Å². The summed E-state index contributed by atoms with van der Waals surface area (Å²) >= 11 is 0. The highest BCUT2D eigenvalue weighted by Crippen LogP contribution is 2.28. The Morgan fingerprint density at radius 2 is 1.95 bits per heavy atom. The van der Waals surface area contributed by atoms with Gasteiger partial charge in [0.15, 0.2) is 0 Å². The normalized spacial score (nSPS) is 17.4. The van der Waals surface area contributed by atoms with Crippen LogP contribution in [-0.4, -0.2) is 9.78 Å². The summed E-state index contributed by atoms with van der Waals surface area (Å²) in [7, 11) is 0. The van der Waals surface area contributed by atoms with Crippen molar-refractivity contribution in [2.24, 2.45) is 0 Å². The van der Waals surface area contributed by atoms with Gasteiger partial charge in [-0.15, -0.1) is 0 Å². The monoisotopic (exact) mass is 269 g/mol. The second-order valence-corrected chi connectivity index (χ2v) is 5.74. The van der Waals surface area contributed by atoms with Gasteiger partial charge in [-0.05, 0) is 31.4 Å². The van der Waals surface area contributed by atoms with Gasteiger partial charge in [-0.25, -0.2) is 0 Å². The number of nitrogens with one attached hydrogen (secondary N) is 1. The van der Waals surface area contributed by atoms with Crippen LogP contribution < -0.4 is 5.32 Å². The molecule has 1 saturated carbocycles. The SMILES string of the molecule is C[C@H](NCc1ccn(C2CCCC2)n1)c1ccccc1. The van der Waals surface area contributed by atoms with Gasteiger partial charge in [0.05, 0.1) is 11.7 Å². The molecule has 3 rings (SSSR count). The maximum absolute atomic E-state index is 4.71. The number of nitrogens with zero attached hydrogens (tertiary/aromatic N) is 2. The minimum atomic E-state index is 0.354. The first-order chi connectivity index (χ1) is 9.83. The summed E-state index contributed by atoms with van der Waals surface area (Å²) in [4.78, 5) is 0. The van der Waals surface area contributed by atoms with Crippen LogP contribution in [0.5, 0.6) is 0 Å². The lowest BCUT2D eigenvalue weighted by molar-refractivity contribution is 0.458. The Labute approximate surface area is 121 Å². The van der Waals surface area contributed by atoms with Gasteiger partial charge in [-0.1, -0.05) is 43.2 Å². The Hall–Kier alpha value is -1.61. The number of hydrogen-bond acceptors (Lipinski definition) is 2. The molecule has 0 radical (unpaired) electrons. The first-order valence-corrected chi connectivity index (χ1v) is 7.65. The van der Waals surface area contributed by atoms with Crippen LogP contribution in [-0.2, 0) is 6.54 Å². The zero-order valence-electron chi connectivity index (χ0n) is 12.1. The Kier molecular flexibility index (Phi) is 4.16. The van der Waals surface area contributed by atoms with Crippen molar-refractivity contribution in [2.45, 2.75) is 51.2 Å². The van der Waals surface area contributed by atoms with Gasteiger partial charge in [0.1, 0.15) is 0 Å². The molecule has 1 aromatic carbocycles. The van der Waals surface area contributed by atoms with Gasteiger partial charge >= 0.3 is 0 Å². The number of benzene rings is 1. The van der Waals surface area contributed by atoms with Crippen molar-refractivity contribution in [1.29, 1.82) is 0 Å². The molecule has 0 amide bonds. The lowest BCUT2D eigenvalue weighted by Crippen LogP contribution is -2.18. The van der Waals surface area contributed by atoms with Crippen molar-refractivity contribution in [3.05, 3.63) is 53.9 Å². The van der Waals surface area contributed by atoms with E-state index in [9.17, 15) is 0 Å². The predicted octanol–water partition coefficient (Wildman–Crippen LogP) is 3.85. The molecule has 1 aliphatic carbocycles. The average molecular weight is 269 g/mol. The number of rotatable bonds is 5. The minimum absolute atomic E-state index is 0.354. The molecule has 20 heavy (non-hydrogen) atoms. The van der Waals surface area contributed by atoms with Gasteiger partial charge in [0.25, 0.3) is 0 Å². The van der Waals surface area contributed by atoms with Crippen molar-refractivity contribution >= 4 is 0 Å². The van der Waals surface area contributed by atoms with E-state index in [0.717, 1.165) is 12.2 Å². The van der Waals surface area contributed by atoms with E-state index in [4.69, 9.17) is 5.10 Å². The van der Waals surface area contributed by atoms with Crippen LogP contribution >= 0.6 is 0 Å². The topological polar surface area (TPSA) is 29.9 Å². The molecule has 1 fully saturated rings. The van der Waals surface area contributed by atoms with Crippen LogP contribution in [0, 0.1) is 0 Å². The molecule has 3 heteroatoms. The van der Waals surface area contributed by atoms with E-state index < -0.39 is 0 Å². The van der Waals surface area contributed by atoms with Crippen LogP contribution in [0.2, 0.25) is 0 Å². The molecule has 2 aromatic rings.